The van der Waals surface area contributed by atoms with Crippen LogP contribution in [-0.2, 0) is 9.53 Å². The number of hydrogen-bond acceptors (Lipinski definition) is 4. The average Bonchev–Trinajstić information content (AvgIpc) is 2.53. The Kier molecular flexibility index (Phi) is 7.07. The van der Waals surface area contributed by atoms with E-state index in [9.17, 15) is 18.0 Å². The van der Waals surface area contributed by atoms with E-state index in [1.807, 2.05) is 0 Å². The molecule has 23 heavy (non-hydrogen) atoms. The van der Waals surface area contributed by atoms with Gasteiger partial charge in [0.25, 0.3) is 0 Å². The summed E-state index contributed by atoms with van der Waals surface area (Å²) in [5.41, 5.74) is 0. The van der Waals surface area contributed by atoms with Crippen LogP contribution in [0.1, 0.15) is 6.42 Å². The molecule has 3 saturated heterocycles. The number of hydrogen-bond donors (Lipinski definition) is 2. The molecule has 3 aliphatic rings. The van der Waals surface area contributed by atoms with E-state index in [1.54, 1.807) is 0 Å². The second-order valence-corrected chi connectivity index (χ2v) is 5.65. The van der Waals surface area contributed by atoms with Gasteiger partial charge in [0.05, 0.1) is 33.3 Å². The Labute approximate surface area is 132 Å². The molecule has 10 heteroatoms. The number of alkyl halides is 3. The van der Waals surface area contributed by atoms with Crippen LogP contribution >= 0.6 is 0 Å². The number of carbonyl (C=O) groups is 2. The van der Waals surface area contributed by atoms with Crippen LogP contribution < -0.4 is 5.32 Å². The van der Waals surface area contributed by atoms with Gasteiger partial charge in [0, 0.05) is 32.6 Å². The SMILES string of the molecule is COC(=O)NCCC[N+]12CCN(CC1)CC2.O=C(O)C(F)(F)F. The van der Waals surface area contributed by atoms with Crippen LogP contribution in [0.15, 0.2) is 0 Å². The Bertz CT molecular complexity index is 396. The molecule has 134 valence electrons. The van der Waals surface area contributed by atoms with Crippen molar-refractivity contribution in [2.75, 3.05) is 59.5 Å². The van der Waals surface area contributed by atoms with Crippen molar-refractivity contribution >= 4 is 12.1 Å². The molecular formula is C13H23F3N3O4+. The van der Waals surface area contributed by atoms with Crippen LogP contribution in [-0.4, -0.2) is 92.2 Å². The highest BCUT2D eigenvalue weighted by atomic mass is 19.4. The molecule has 0 aromatic rings. The predicted octanol–water partition coefficient (Wildman–Crippen LogP) is 0.512. The quantitative estimate of drug-likeness (QED) is 0.575. The third kappa shape index (κ3) is 6.61. The van der Waals surface area contributed by atoms with Gasteiger partial charge in [-0.3, -0.25) is 4.90 Å². The number of piperazine rings is 3. The smallest absolute Gasteiger partial charge is 0.475 e. The average molecular weight is 342 g/mol. The largest absolute Gasteiger partial charge is 0.490 e. The number of carboxylic acid groups (broad SMARTS) is 1. The number of halogens is 3. The Morgan fingerprint density at radius 3 is 2.09 bits per heavy atom. The summed E-state index contributed by atoms with van der Waals surface area (Å²) in [5, 5.41) is 9.87. The lowest BCUT2D eigenvalue weighted by atomic mass is 10.1. The Hall–Kier alpha value is -1.55. The lowest BCUT2D eigenvalue weighted by Crippen LogP contribution is -2.67. The highest BCUT2D eigenvalue weighted by Gasteiger charge is 2.38. The standard InChI is InChI=1S/C11H21N3O2.C2HF3O2/c1-16-11(15)12-3-2-7-14-8-4-13(5-9-14)6-10-14;3-2(4,5)1(6)7/h2-10H2,1H3;(H,6,7)/p+1. The van der Waals surface area contributed by atoms with Gasteiger partial charge in [0.1, 0.15) is 0 Å². The van der Waals surface area contributed by atoms with Crippen molar-refractivity contribution < 1.29 is 37.1 Å². The van der Waals surface area contributed by atoms with Crippen LogP contribution in [0.4, 0.5) is 18.0 Å². The minimum absolute atomic E-state index is 0.316. The normalized spacial score (nSPS) is 26.0. The number of rotatable bonds is 4. The molecule has 0 aliphatic carbocycles. The molecule has 2 bridgehead atoms. The van der Waals surface area contributed by atoms with E-state index in [-0.39, 0.29) is 6.09 Å². The molecule has 3 fully saturated rings. The summed E-state index contributed by atoms with van der Waals surface area (Å²) in [7, 11) is 1.40. The second kappa shape index (κ2) is 8.34. The number of methoxy groups -OCH3 is 1. The zero-order chi connectivity index (χ0) is 17.5. The van der Waals surface area contributed by atoms with Crippen molar-refractivity contribution in [3.05, 3.63) is 0 Å². The third-order valence-electron chi connectivity index (χ3n) is 4.18. The number of nitrogens with one attached hydrogen (secondary N) is 1. The maximum atomic E-state index is 10.9. The number of fused-ring (bicyclic) bond motifs is 3. The van der Waals surface area contributed by atoms with E-state index >= 15 is 0 Å². The molecule has 0 spiro atoms. The molecule has 3 rings (SSSR count). The van der Waals surface area contributed by atoms with Gasteiger partial charge >= 0.3 is 18.2 Å². The summed E-state index contributed by atoms with van der Waals surface area (Å²) in [6, 6.07) is 0. The Morgan fingerprint density at radius 2 is 1.70 bits per heavy atom. The number of carboxylic acids is 1. The van der Waals surface area contributed by atoms with Crippen LogP contribution in [0.3, 0.4) is 0 Å². The van der Waals surface area contributed by atoms with Crippen molar-refractivity contribution in [3.8, 4) is 0 Å². The van der Waals surface area contributed by atoms with E-state index < -0.39 is 12.1 Å². The van der Waals surface area contributed by atoms with Gasteiger partial charge in [-0.1, -0.05) is 0 Å². The van der Waals surface area contributed by atoms with Crippen molar-refractivity contribution in [2.45, 2.75) is 12.6 Å². The molecule has 0 radical (unpaired) electrons. The highest BCUT2D eigenvalue weighted by molar-refractivity contribution is 5.73. The first-order valence-electron chi connectivity index (χ1n) is 7.38. The number of alkyl carbamates (subject to hydrolysis) is 1. The third-order valence-corrected chi connectivity index (χ3v) is 4.18. The molecular weight excluding hydrogens is 319 g/mol. The van der Waals surface area contributed by atoms with E-state index in [0.29, 0.717) is 0 Å². The summed E-state index contributed by atoms with van der Waals surface area (Å²) in [4.78, 5) is 22.3. The van der Waals surface area contributed by atoms with Gasteiger partial charge in [-0.2, -0.15) is 13.2 Å². The maximum Gasteiger partial charge on any atom is 0.490 e. The van der Waals surface area contributed by atoms with Gasteiger partial charge in [-0.05, 0) is 0 Å². The molecule has 1 amide bonds. The number of carbonyl (C=O) groups excluding carboxylic acids is 1. The van der Waals surface area contributed by atoms with E-state index in [4.69, 9.17) is 9.90 Å². The van der Waals surface area contributed by atoms with Crippen molar-refractivity contribution in [3.63, 3.8) is 0 Å². The second-order valence-electron chi connectivity index (χ2n) is 5.65. The van der Waals surface area contributed by atoms with E-state index in [0.717, 1.165) is 13.0 Å². The maximum absolute atomic E-state index is 10.9. The van der Waals surface area contributed by atoms with Crippen molar-refractivity contribution in [1.82, 2.24) is 10.2 Å². The molecule has 0 saturated carbocycles. The van der Waals surface area contributed by atoms with E-state index in [2.05, 4.69) is 15.0 Å². The van der Waals surface area contributed by atoms with E-state index in [1.165, 1.54) is 57.4 Å². The molecule has 3 heterocycles. The highest BCUT2D eigenvalue weighted by Crippen LogP contribution is 2.19. The minimum atomic E-state index is -5.08. The van der Waals surface area contributed by atoms with Gasteiger partial charge in [0.15, 0.2) is 0 Å². The molecule has 0 aromatic heterocycles. The fourth-order valence-corrected chi connectivity index (χ4v) is 2.74. The lowest BCUT2D eigenvalue weighted by molar-refractivity contribution is -0.941. The molecule has 0 aromatic carbocycles. The minimum Gasteiger partial charge on any atom is -0.475 e. The summed E-state index contributed by atoms with van der Waals surface area (Å²) >= 11 is 0. The number of aliphatic carboxylic acids is 1. The van der Waals surface area contributed by atoms with Crippen molar-refractivity contribution in [2.24, 2.45) is 0 Å². The fraction of sp³-hybridized carbons (Fsp3) is 0.846. The molecule has 7 nitrogen and oxygen atoms in total. The molecule has 0 unspecified atom stereocenters. The van der Waals surface area contributed by atoms with Crippen LogP contribution in [0.25, 0.3) is 0 Å². The van der Waals surface area contributed by atoms with Gasteiger partial charge in [-0.25, -0.2) is 9.59 Å². The molecule has 3 aliphatic heterocycles. The Balaban J connectivity index is 0.000000322. The monoisotopic (exact) mass is 342 g/mol. The number of nitrogens with zero attached hydrogens (tertiary/aromatic N) is 2. The summed E-state index contributed by atoms with van der Waals surface area (Å²) in [6.45, 7) is 9.56. The molecule has 2 N–H and O–H groups in total. The van der Waals surface area contributed by atoms with Gasteiger partial charge in [0.2, 0.25) is 0 Å². The van der Waals surface area contributed by atoms with Crippen LogP contribution in [0.2, 0.25) is 0 Å². The van der Waals surface area contributed by atoms with Gasteiger partial charge < -0.3 is 19.6 Å². The topological polar surface area (TPSA) is 78.9 Å². The molecule has 0 atom stereocenters. The summed E-state index contributed by atoms with van der Waals surface area (Å²) < 4.78 is 37.5. The van der Waals surface area contributed by atoms with Crippen LogP contribution in [0, 0.1) is 0 Å². The zero-order valence-corrected chi connectivity index (χ0v) is 13.1. The Morgan fingerprint density at radius 1 is 1.22 bits per heavy atom. The first kappa shape index (κ1) is 19.5. The summed E-state index contributed by atoms with van der Waals surface area (Å²) in [5.74, 6) is -2.76. The van der Waals surface area contributed by atoms with Crippen molar-refractivity contribution in [1.29, 1.82) is 0 Å². The first-order chi connectivity index (χ1) is 10.7. The zero-order valence-electron chi connectivity index (χ0n) is 13.1. The number of ether oxygens (including phenoxy) is 1. The van der Waals surface area contributed by atoms with Gasteiger partial charge in [-0.15, -0.1) is 0 Å². The predicted molar refractivity (Wildman–Crippen MR) is 74.9 cm³/mol. The summed E-state index contributed by atoms with van der Waals surface area (Å²) in [6.07, 6.45) is -4.35. The first-order valence-corrected chi connectivity index (χ1v) is 7.38. The number of amides is 1. The van der Waals surface area contributed by atoms with Crippen LogP contribution in [0.5, 0.6) is 0 Å². The fourth-order valence-electron chi connectivity index (χ4n) is 2.74. The lowest BCUT2D eigenvalue weighted by Gasteiger charge is -2.50. The number of quaternary nitrogens is 1.